The van der Waals surface area contributed by atoms with E-state index in [4.69, 9.17) is 9.47 Å². The lowest BCUT2D eigenvalue weighted by atomic mass is 10.1. The van der Waals surface area contributed by atoms with Gasteiger partial charge in [0, 0.05) is 120 Å². The highest BCUT2D eigenvalue weighted by molar-refractivity contribution is 5.99. The van der Waals surface area contributed by atoms with Gasteiger partial charge in [0.1, 0.15) is 34.9 Å². The smallest absolute Gasteiger partial charge is 0.225 e. The van der Waals surface area contributed by atoms with Gasteiger partial charge in [-0.3, -0.25) is 14.8 Å². The number of anilines is 8. The van der Waals surface area contributed by atoms with E-state index in [2.05, 4.69) is 55.5 Å². The van der Waals surface area contributed by atoms with Crippen molar-refractivity contribution in [3.05, 3.63) is 95.6 Å². The number of carbonyl (C=O) groups is 1. The van der Waals surface area contributed by atoms with E-state index < -0.39 is 23.3 Å². The third-order valence-corrected chi connectivity index (χ3v) is 13.0. The largest absolute Gasteiger partial charge is 0.378 e. The number of piperazine rings is 2. The predicted octanol–water partition coefficient (Wildman–Crippen LogP) is 7.31. The number of carbonyl (C=O) groups excluding carboxylic acids is 1. The van der Waals surface area contributed by atoms with Crippen LogP contribution >= 0.6 is 0 Å². The first-order valence-corrected chi connectivity index (χ1v) is 23.6. The fraction of sp³-hybridized carbons (Fsp3) is 0.420. The van der Waals surface area contributed by atoms with E-state index in [1.165, 1.54) is 12.1 Å². The maximum atomic E-state index is 15.1. The van der Waals surface area contributed by atoms with Crippen LogP contribution in [0, 0.1) is 43.0 Å². The lowest BCUT2D eigenvalue weighted by molar-refractivity contribution is -0.134. The fourth-order valence-corrected chi connectivity index (χ4v) is 9.36. The highest BCUT2D eigenvalue weighted by atomic mass is 19.1. The Balaban J connectivity index is 0.000000174. The Morgan fingerprint density at radius 2 is 1.01 bits per heavy atom. The Hall–Kier alpha value is -6.57. The lowest BCUT2D eigenvalue weighted by Gasteiger charge is -2.37. The van der Waals surface area contributed by atoms with Crippen molar-refractivity contribution in [3.63, 3.8) is 0 Å². The molecule has 4 aromatic heterocycles. The number of rotatable bonds is 9. The number of aromatic nitrogens is 4. The molecule has 4 saturated heterocycles. The average Bonchev–Trinajstić information content (AvgIpc) is 3.36. The number of benzene rings is 2. The zero-order valence-electron chi connectivity index (χ0n) is 39.4. The summed E-state index contributed by atoms with van der Waals surface area (Å²) in [5, 5.41) is 10.6. The van der Waals surface area contributed by atoms with Gasteiger partial charge in [-0.15, -0.1) is 0 Å². The Morgan fingerprint density at radius 3 is 1.45 bits per heavy atom. The molecular weight excluding hydrogens is 893 g/mol. The molecule has 69 heavy (non-hydrogen) atoms. The van der Waals surface area contributed by atoms with E-state index in [9.17, 15) is 18.0 Å². The topological polar surface area (TPSA) is 139 Å². The molecule has 4 aliphatic rings. The van der Waals surface area contributed by atoms with Gasteiger partial charge in [0.05, 0.1) is 107 Å². The summed E-state index contributed by atoms with van der Waals surface area (Å²) in [5.74, 6) is -1.18. The molecule has 10 rings (SSSR count). The van der Waals surface area contributed by atoms with Gasteiger partial charge in [0.2, 0.25) is 5.91 Å². The van der Waals surface area contributed by atoms with Gasteiger partial charge in [-0.05, 0) is 26.0 Å². The molecule has 2 aromatic carbocycles. The van der Waals surface area contributed by atoms with Gasteiger partial charge in [0.25, 0.3) is 0 Å². The van der Waals surface area contributed by atoms with E-state index in [1.54, 1.807) is 18.6 Å². The minimum absolute atomic E-state index is 0.0596. The Bertz CT molecular complexity index is 2810. The van der Waals surface area contributed by atoms with Gasteiger partial charge >= 0.3 is 0 Å². The lowest BCUT2D eigenvalue weighted by Crippen LogP contribution is -2.50. The van der Waals surface area contributed by atoms with Crippen LogP contribution in [0.3, 0.4) is 0 Å². The number of hydrogen-bond donors (Lipinski definition) is 3. The van der Waals surface area contributed by atoms with Crippen molar-refractivity contribution < 1.29 is 31.8 Å². The summed E-state index contributed by atoms with van der Waals surface area (Å²) < 4.78 is 69.2. The molecule has 4 fully saturated rings. The summed E-state index contributed by atoms with van der Waals surface area (Å²) in [4.78, 5) is 41.0. The van der Waals surface area contributed by atoms with Crippen molar-refractivity contribution in [3.8, 4) is 0 Å². The van der Waals surface area contributed by atoms with Crippen LogP contribution in [0.1, 0.15) is 25.0 Å². The third kappa shape index (κ3) is 10.5. The Kier molecular flexibility index (Phi) is 14.4. The van der Waals surface area contributed by atoms with Gasteiger partial charge < -0.3 is 49.9 Å². The number of ether oxygens (including phenoxy) is 2. The number of fused-ring (bicyclic) bond motifs is 2. The normalized spacial score (nSPS) is 16.8. The molecule has 0 saturated carbocycles. The van der Waals surface area contributed by atoms with Crippen LogP contribution in [0.15, 0.2) is 61.2 Å². The number of nitrogens with zero attached hydrogens (tertiary/aromatic N) is 9. The molecule has 19 heteroatoms. The monoisotopic (exact) mass is 950 g/mol. The molecular formula is C50H58F4N12O3. The van der Waals surface area contributed by atoms with Crippen LogP contribution in [-0.4, -0.2) is 136 Å². The van der Waals surface area contributed by atoms with Crippen LogP contribution in [0.25, 0.3) is 21.8 Å². The van der Waals surface area contributed by atoms with Crippen molar-refractivity contribution >= 4 is 73.5 Å². The molecule has 0 spiro atoms. The molecule has 0 unspecified atom stereocenters. The van der Waals surface area contributed by atoms with E-state index in [0.29, 0.717) is 81.0 Å². The minimum Gasteiger partial charge on any atom is -0.378 e. The first-order valence-electron chi connectivity index (χ1n) is 23.6. The molecule has 6 aromatic rings. The van der Waals surface area contributed by atoms with Crippen molar-refractivity contribution in [2.75, 3.05) is 135 Å². The molecule has 0 aliphatic carbocycles. The van der Waals surface area contributed by atoms with Crippen LogP contribution in [-0.2, 0) is 14.3 Å². The van der Waals surface area contributed by atoms with Crippen molar-refractivity contribution in [2.24, 2.45) is 5.92 Å². The average molecular weight is 951 g/mol. The molecule has 4 aliphatic heterocycles. The molecule has 364 valence electrons. The second-order valence-corrected chi connectivity index (χ2v) is 18.0. The van der Waals surface area contributed by atoms with E-state index >= 15 is 4.39 Å². The number of hydrogen-bond acceptors (Lipinski definition) is 14. The summed E-state index contributed by atoms with van der Waals surface area (Å²) in [6, 6.07) is 8.30. The predicted molar refractivity (Wildman–Crippen MR) is 263 cm³/mol. The molecule has 15 nitrogen and oxygen atoms in total. The number of morpholine rings is 2. The van der Waals surface area contributed by atoms with Gasteiger partial charge in [-0.2, -0.15) is 0 Å². The van der Waals surface area contributed by atoms with Gasteiger partial charge in [-0.1, -0.05) is 13.8 Å². The van der Waals surface area contributed by atoms with Gasteiger partial charge in [-0.25, -0.2) is 27.5 Å². The Morgan fingerprint density at radius 1 is 0.580 bits per heavy atom. The van der Waals surface area contributed by atoms with Crippen molar-refractivity contribution in [1.29, 1.82) is 0 Å². The third-order valence-electron chi connectivity index (χ3n) is 13.0. The first-order chi connectivity index (χ1) is 33.4. The SMILES string of the molecule is Cc1c(N2CCN(C(=O)C(C)C)CC2)nc2cc(F)cc(F)c2c1Nc1cncc(N2CCOCC2)c1.Cc1c(N2CCNCC2)nc2cc(F)cc(F)c2c1Nc1cncc(N2CCOCC2)c1. The molecule has 8 heterocycles. The van der Waals surface area contributed by atoms with Crippen LogP contribution in [0.5, 0.6) is 0 Å². The second-order valence-electron chi connectivity index (χ2n) is 18.0. The maximum absolute atomic E-state index is 15.1. The maximum Gasteiger partial charge on any atom is 0.225 e. The van der Waals surface area contributed by atoms with Crippen molar-refractivity contribution in [1.82, 2.24) is 30.2 Å². The molecule has 0 bridgehead atoms. The fourth-order valence-electron chi connectivity index (χ4n) is 9.36. The highest BCUT2D eigenvalue weighted by Crippen LogP contribution is 2.39. The first kappa shape index (κ1) is 47.5. The molecule has 0 radical (unpaired) electrons. The molecule has 0 atom stereocenters. The molecule has 3 N–H and O–H groups in total. The van der Waals surface area contributed by atoms with Crippen molar-refractivity contribution in [2.45, 2.75) is 27.7 Å². The second kappa shape index (κ2) is 21.0. The minimum atomic E-state index is -0.679. The number of nitrogens with one attached hydrogen (secondary N) is 3. The quantitative estimate of drug-likeness (QED) is 0.125. The standard InChI is InChI=1S/C27H32F2N6O2.C23H26F2N6O/c1-17(2)27(36)35-6-4-34(5-7-35)26-18(3)25(24-22(29)12-19(28)13-23(24)32-26)31-20-14-21(16-30-15-20)33-8-10-37-11-9-33;1-15-22(28-17-12-18(14-27-13-17)30-6-8-32-9-7-30)21-19(25)10-16(24)11-20(21)29-23(15)31-4-2-26-3-5-31/h12-17H,4-11H2,1-3H3,(H,31,32);10-14,26H,2-9H2,1H3,(H,28,29). The summed E-state index contributed by atoms with van der Waals surface area (Å²) in [6.07, 6.45) is 7.01. The van der Waals surface area contributed by atoms with Gasteiger partial charge in [0.15, 0.2) is 0 Å². The highest BCUT2D eigenvalue weighted by Gasteiger charge is 2.28. The zero-order chi connectivity index (χ0) is 48.2. The van der Waals surface area contributed by atoms with E-state index in [1.807, 2.05) is 50.9 Å². The van der Waals surface area contributed by atoms with Crippen LogP contribution in [0.2, 0.25) is 0 Å². The summed E-state index contributed by atoms with van der Waals surface area (Å²) >= 11 is 0. The summed E-state index contributed by atoms with van der Waals surface area (Å²) in [6.45, 7) is 19.0. The molecule has 1 amide bonds. The number of amides is 1. The number of pyridine rings is 4. The number of halogens is 4. The van der Waals surface area contributed by atoms with Crippen LogP contribution < -0.4 is 35.6 Å². The van der Waals surface area contributed by atoms with Crippen LogP contribution in [0.4, 0.5) is 63.3 Å². The van der Waals surface area contributed by atoms with E-state index in [-0.39, 0.29) is 28.1 Å². The summed E-state index contributed by atoms with van der Waals surface area (Å²) in [5.41, 5.74) is 6.56. The Labute approximate surface area is 398 Å². The summed E-state index contributed by atoms with van der Waals surface area (Å²) in [7, 11) is 0. The van der Waals surface area contributed by atoms with E-state index in [0.717, 1.165) is 98.5 Å². The zero-order valence-corrected chi connectivity index (χ0v) is 39.4.